The topological polar surface area (TPSA) is 58.1 Å². The third-order valence-electron chi connectivity index (χ3n) is 6.11. The number of rotatable bonds is 6. The van der Waals surface area contributed by atoms with E-state index in [2.05, 4.69) is 59.6 Å². The van der Waals surface area contributed by atoms with Gasteiger partial charge in [-0.2, -0.15) is 4.37 Å². The van der Waals surface area contributed by atoms with Gasteiger partial charge in [0.25, 0.3) is 5.91 Å². The van der Waals surface area contributed by atoms with Gasteiger partial charge >= 0.3 is 0 Å². The van der Waals surface area contributed by atoms with E-state index in [4.69, 9.17) is 4.98 Å². The molecule has 1 aliphatic rings. The van der Waals surface area contributed by atoms with Crippen LogP contribution in [0.25, 0.3) is 0 Å². The molecule has 1 aliphatic heterocycles. The highest BCUT2D eigenvalue weighted by atomic mass is 32.1. The molecule has 1 fully saturated rings. The second-order valence-corrected chi connectivity index (χ2v) is 10.4. The Bertz CT molecular complexity index is 1020. The minimum absolute atomic E-state index is 0.0163. The van der Waals surface area contributed by atoms with Gasteiger partial charge < -0.3 is 10.2 Å². The molecule has 0 spiro atoms. The third-order valence-corrected chi connectivity index (χ3v) is 6.93. The average Bonchev–Trinajstić information content (AvgIpc) is 3.26. The number of nitrogens with zero attached hydrogens (tertiary/aromatic N) is 3. The van der Waals surface area contributed by atoms with E-state index in [1.165, 1.54) is 22.7 Å². The van der Waals surface area contributed by atoms with E-state index in [0.29, 0.717) is 5.92 Å². The number of hydrogen-bond donors (Lipinski definition) is 1. The molecule has 4 rings (SSSR count). The predicted octanol–water partition coefficient (Wildman–Crippen LogP) is 5.07. The molecule has 5 nitrogen and oxygen atoms in total. The molecule has 0 radical (unpaired) electrons. The van der Waals surface area contributed by atoms with Crippen molar-refractivity contribution in [1.82, 2.24) is 14.7 Å². The molecule has 1 saturated heterocycles. The minimum Gasteiger partial charge on any atom is -0.352 e. The van der Waals surface area contributed by atoms with Crippen molar-refractivity contribution in [3.63, 3.8) is 0 Å². The SMILES string of the molecule is CC(C)(C)c1ccc(C(=O)NCC2CCN(c3nc(Cc4ccccc4)ns3)CC2)cc1. The van der Waals surface area contributed by atoms with Gasteiger partial charge in [0.05, 0.1) is 0 Å². The van der Waals surface area contributed by atoms with E-state index in [9.17, 15) is 4.79 Å². The number of carbonyl (C=O) groups is 1. The van der Waals surface area contributed by atoms with E-state index < -0.39 is 0 Å². The van der Waals surface area contributed by atoms with Crippen LogP contribution in [0.5, 0.6) is 0 Å². The fourth-order valence-electron chi connectivity index (χ4n) is 4.01. The summed E-state index contributed by atoms with van der Waals surface area (Å²) in [7, 11) is 0. The second-order valence-electron chi connectivity index (χ2n) is 9.62. The summed E-state index contributed by atoms with van der Waals surface area (Å²) in [6.07, 6.45) is 2.88. The minimum atomic E-state index is 0.0163. The fraction of sp³-hybridized carbons (Fsp3) is 0.423. The molecule has 2 heterocycles. The normalized spacial score (nSPS) is 15.0. The Morgan fingerprint density at radius 3 is 2.41 bits per heavy atom. The zero-order chi connectivity index (χ0) is 22.6. The fourth-order valence-corrected chi connectivity index (χ4v) is 4.75. The maximum Gasteiger partial charge on any atom is 0.251 e. The van der Waals surface area contributed by atoms with Crippen molar-refractivity contribution in [2.24, 2.45) is 5.92 Å². The lowest BCUT2D eigenvalue weighted by molar-refractivity contribution is 0.0945. The molecular weight excluding hydrogens is 416 g/mol. The van der Waals surface area contributed by atoms with Crippen LogP contribution in [0.4, 0.5) is 5.13 Å². The molecule has 0 atom stereocenters. The Morgan fingerprint density at radius 2 is 1.75 bits per heavy atom. The van der Waals surface area contributed by atoms with Crippen LogP contribution in [0.2, 0.25) is 0 Å². The molecule has 3 aromatic rings. The lowest BCUT2D eigenvalue weighted by Crippen LogP contribution is -2.38. The highest BCUT2D eigenvalue weighted by Gasteiger charge is 2.22. The first kappa shape index (κ1) is 22.5. The molecule has 0 saturated carbocycles. The standard InChI is InChI=1S/C26H32N4OS/c1-26(2,3)22-11-9-21(10-12-22)24(31)27-18-20-13-15-30(16-14-20)25-28-23(29-32-25)17-19-7-5-4-6-8-19/h4-12,20H,13-18H2,1-3H3,(H,27,31). The number of hydrogen-bond acceptors (Lipinski definition) is 5. The van der Waals surface area contributed by atoms with Crippen molar-refractivity contribution in [3.8, 4) is 0 Å². The lowest BCUT2D eigenvalue weighted by Gasteiger charge is -2.31. The Morgan fingerprint density at radius 1 is 1.06 bits per heavy atom. The highest BCUT2D eigenvalue weighted by Crippen LogP contribution is 2.25. The number of nitrogens with one attached hydrogen (secondary N) is 1. The second kappa shape index (κ2) is 9.82. The molecule has 1 aromatic heterocycles. The van der Waals surface area contributed by atoms with Crippen LogP contribution in [0.1, 0.15) is 60.9 Å². The Labute approximate surface area is 195 Å². The summed E-state index contributed by atoms with van der Waals surface area (Å²) < 4.78 is 4.55. The highest BCUT2D eigenvalue weighted by molar-refractivity contribution is 7.09. The van der Waals surface area contributed by atoms with E-state index in [1.807, 2.05) is 30.3 Å². The molecule has 0 aliphatic carbocycles. The van der Waals surface area contributed by atoms with Gasteiger partial charge in [-0.05, 0) is 47.4 Å². The Hall–Kier alpha value is -2.73. The van der Waals surface area contributed by atoms with Crippen molar-refractivity contribution in [1.29, 1.82) is 0 Å². The van der Waals surface area contributed by atoms with Crippen molar-refractivity contribution >= 4 is 22.6 Å². The molecule has 0 unspecified atom stereocenters. The van der Waals surface area contributed by atoms with Crippen molar-refractivity contribution in [3.05, 3.63) is 77.1 Å². The van der Waals surface area contributed by atoms with Gasteiger partial charge in [0, 0.05) is 43.2 Å². The first-order chi connectivity index (χ1) is 15.4. The van der Waals surface area contributed by atoms with Crippen molar-refractivity contribution < 1.29 is 4.79 Å². The van der Waals surface area contributed by atoms with Crippen LogP contribution < -0.4 is 10.2 Å². The summed E-state index contributed by atoms with van der Waals surface area (Å²) >= 11 is 1.49. The summed E-state index contributed by atoms with van der Waals surface area (Å²) in [6.45, 7) is 9.19. The van der Waals surface area contributed by atoms with E-state index in [1.54, 1.807) is 0 Å². The number of aromatic nitrogens is 2. The maximum atomic E-state index is 12.5. The van der Waals surface area contributed by atoms with E-state index in [-0.39, 0.29) is 11.3 Å². The summed E-state index contributed by atoms with van der Waals surface area (Å²) in [4.78, 5) is 19.6. The maximum absolute atomic E-state index is 12.5. The largest absolute Gasteiger partial charge is 0.352 e. The summed E-state index contributed by atoms with van der Waals surface area (Å²) in [5.74, 6) is 1.41. The molecule has 0 bridgehead atoms. The number of amides is 1. The molecule has 2 aromatic carbocycles. The predicted molar refractivity (Wildman–Crippen MR) is 132 cm³/mol. The molecule has 1 amide bonds. The first-order valence-corrected chi connectivity index (χ1v) is 12.2. The zero-order valence-corrected chi connectivity index (χ0v) is 20.0. The smallest absolute Gasteiger partial charge is 0.251 e. The van der Waals surface area contributed by atoms with Gasteiger partial charge in [-0.25, -0.2) is 4.98 Å². The summed E-state index contributed by atoms with van der Waals surface area (Å²) in [6, 6.07) is 18.3. The van der Waals surface area contributed by atoms with Crippen LogP contribution in [0.15, 0.2) is 54.6 Å². The number of piperidine rings is 1. The van der Waals surface area contributed by atoms with Crippen molar-refractivity contribution in [2.75, 3.05) is 24.5 Å². The van der Waals surface area contributed by atoms with Gasteiger partial charge in [0.1, 0.15) is 5.82 Å². The van der Waals surface area contributed by atoms with Gasteiger partial charge in [-0.3, -0.25) is 4.79 Å². The summed E-state index contributed by atoms with van der Waals surface area (Å²) in [5, 5.41) is 4.14. The quantitative estimate of drug-likeness (QED) is 0.572. The first-order valence-electron chi connectivity index (χ1n) is 11.4. The van der Waals surface area contributed by atoms with Crippen LogP contribution in [-0.4, -0.2) is 34.9 Å². The van der Waals surface area contributed by atoms with E-state index >= 15 is 0 Å². The van der Waals surface area contributed by atoms with Gasteiger partial charge in [-0.1, -0.05) is 63.2 Å². The van der Waals surface area contributed by atoms with E-state index in [0.717, 1.165) is 55.4 Å². The number of carbonyl (C=O) groups excluding carboxylic acids is 1. The zero-order valence-electron chi connectivity index (χ0n) is 19.2. The molecule has 6 heteroatoms. The van der Waals surface area contributed by atoms with Crippen LogP contribution >= 0.6 is 11.5 Å². The number of benzene rings is 2. The van der Waals surface area contributed by atoms with Crippen LogP contribution in [-0.2, 0) is 11.8 Å². The molecule has 32 heavy (non-hydrogen) atoms. The monoisotopic (exact) mass is 448 g/mol. The van der Waals surface area contributed by atoms with Gasteiger partial charge in [0.15, 0.2) is 0 Å². The summed E-state index contributed by atoms with van der Waals surface area (Å²) in [5.41, 5.74) is 3.30. The average molecular weight is 449 g/mol. The third kappa shape index (κ3) is 5.74. The Kier molecular flexibility index (Phi) is 6.89. The van der Waals surface area contributed by atoms with Crippen LogP contribution in [0.3, 0.4) is 0 Å². The van der Waals surface area contributed by atoms with Gasteiger partial charge in [-0.15, -0.1) is 0 Å². The lowest BCUT2D eigenvalue weighted by atomic mass is 9.86. The molecular formula is C26H32N4OS. The Balaban J connectivity index is 1.23. The van der Waals surface area contributed by atoms with Gasteiger partial charge in [0.2, 0.25) is 5.13 Å². The molecule has 1 N–H and O–H groups in total. The molecule has 168 valence electrons. The van der Waals surface area contributed by atoms with Crippen molar-refractivity contribution in [2.45, 2.75) is 45.4 Å². The van der Waals surface area contributed by atoms with Crippen LogP contribution in [0, 0.1) is 5.92 Å². The number of anilines is 1.